The molecule has 0 unspecified atom stereocenters. The summed E-state index contributed by atoms with van der Waals surface area (Å²) in [5.74, 6) is 0.437. The van der Waals surface area contributed by atoms with E-state index in [1.165, 1.54) is 17.8 Å². The number of hydrogen-bond acceptors (Lipinski definition) is 7. The lowest BCUT2D eigenvalue weighted by molar-refractivity contribution is -0.387. The van der Waals surface area contributed by atoms with Gasteiger partial charge in [-0.05, 0) is 48.9 Å². The topological polar surface area (TPSA) is 104 Å². The fourth-order valence-electron chi connectivity index (χ4n) is 3.44. The summed E-state index contributed by atoms with van der Waals surface area (Å²) in [5.41, 5.74) is 1.46. The Labute approximate surface area is 187 Å². The van der Waals surface area contributed by atoms with Gasteiger partial charge in [0, 0.05) is 41.2 Å². The third-order valence-corrected chi connectivity index (χ3v) is 6.18. The zero-order chi connectivity index (χ0) is 22.1. The first-order valence-electron chi connectivity index (χ1n) is 10.0. The molecule has 5 rings (SSSR count). The first-order chi connectivity index (χ1) is 15.6. The molecule has 1 aliphatic rings. The summed E-state index contributed by atoms with van der Waals surface area (Å²) in [6.45, 7) is 0. The van der Waals surface area contributed by atoms with Gasteiger partial charge in [-0.25, -0.2) is 0 Å². The van der Waals surface area contributed by atoms with Gasteiger partial charge in [0.15, 0.2) is 16.8 Å². The number of rotatable bonds is 7. The molecule has 2 heterocycles. The Balaban J connectivity index is 1.50. The molecule has 0 atom stereocenters. The van der Waals surface area contributed by atoms with Crippen LogP contribution in [-0.4, -0.2) is 30.5 Å². The lowest BCUT2D eigenvalue weighted by atomic mass is 10.0. The van der Waals surface area contributed by atoms with Crippen molar-refractivity contribution in [3.63, 3.8) is 0 Å². The van der Waals surface area contributed by atoms with E-state index in [1.807, 2.05) is 22.8 Å². The molecule has 0 bridgehead atoms. The van der Waals surface area contributed by atoms with E-state index in [0.29, 0.717) is 21.4 Å². The predicted octanol–water partition coefficient (Wildman–Crippen LogP) is 4.97. The van der Waals surface area contributed by atoms with Crippen LogP contribution in [-0.2, 0) is 0 Å². The second-order valence-electron chi connectivity index (χ2n) is 7.39. The molecule has 1 saturated carbocycles. The predicted molar refractivity (Wildman–Crippen MR) is 119 cm³/mol. The maximum absolute atomic E-state index is 12.7. The molecular weight excluding hydrogens is 426 g/mol. The van der Waals surface area contributed by atoms with Crippen molar-refractivity contribution in [1.29, 1.82) is 0 Å². The fraction of sp³-hybridized carbons (Fsp3) is 0.130. The third-order valence-electron chi connectivity index (χ3n) is 5.15. The quantitative estimate of drug-likeness (QED) is 0.226. The highest BCUT2D eigenvalue weighted by Gasteiger charge is 2.31. The monoisotopic (exact) mass is 443 g/mol. The van der Waals surface area contributed by atoms with Gasteiger partial charge in [-0.2, -0.15) is 0 Å². The lowest BCUT2D eigenvalue weighted by Crippen LogP contribution is -2.03. The Morgan fingerprint density at radius 3 is 2.53 bits per heavy atom. The van der Waals surface area contributed by atoms with E-state index in [9.17, 15) is 14.9 Å². The number of aromatic nitrogens is 4. The Bertz CT molecular complexity index is 1300. The Kier molecular flexibility index (Phi) is 5.24. The normalized spacial score (nSPS) is 13.1. The number of ketones is 1. The summed E-state index contributed by atoms with van der Waals surface area (Å²) in [5, 5.41) is 21.0. The second-order valence-corrected chi connectivity index (χ2v) is 8.39. The third kappa shape index (κ3) is 3.90. The van der Waals surface area contributed by atoms with Crippen molar-refractivity contribution in [2.75, 3.05) is 0 Å². The average Bonchev–Trinajstić information content (AvgIpc) is 3.59. The number of pyridine rings is 1. The van der Waals surface area contributed by atoms with Gasteiger partial charge in [-0.3, -0.25) is 24.5 Å². The number of benzene rings is 2. The lowest BCUT2D eigenvalue weighted by Gasteiger charge is -2.09. The Morgan fingerprint density at radius 2 is 1.84 bits per heavy atom. The zero-order valence-corrected chi connectivity index (χ0v) is 17.6. The van der Waals surface area contributed by atoms with Gasteiger partial charge in [0.1, 0.15) is 0 Å². The van der Waals surface area contributed by atoms with Gasteiger partial charge in [-0.1, -0.05) is 30.3 Å². The van der Waals surface area contributed by atoms with Gasteiger partial charge >= 0.3 is 0 Å². The van der Waals surface area contributed by atoms with E-state index in [1.54, 1.807) is 48.8 Å². The number of nitrogens with zero attached hydrogens (tertiary/aromatic N) is 5. The van der Waals surface area contributed by atoms with Gasteiger partial charge < -0.3 is 0 Å². The van der Waals surface area contributed by atoms with Crippen molar-refractivity contribution in [2.24, 2.45) is 0 Å². The minimum absolute atomic E-state index is 0.134. The van der Waals surface area contributed by atoms with Crippen LogP contribution < -0.4 is 0 Å². The van der Waals surface area contributed by atoms with Crippen LogP contribution in [0.5, 0.6) is 0 Å². The molecule has 0 aliphatic heterocycles. The molecule has 1 aliphatic carbocycles. The largest absolute Gasteiger partial charge is 0.299 e. The number of nitro groups is 1. The average molecular weight is 443 g/mol. The van der Waals surface area contributed by atoms with Crippen molar-refractivity contribution in [2.45, 2.75) is 28.9 Å². The SMILES string of the molecule is O=C(c1ccccc1)c1ccc(Sc2nnc(-c3cccnc3)n2C2CC2)c([N+](=O)[O-])c1. The first-order valence-corrected chi connectivity index (χ1v) is 10.8. The van der Waals surface area contributed by atoms with Crippen molar-refractivity contribution in [3.8, 4) is 11.4 Å². The molecule has 9 heteroatoms. The standard InChI is InChI=1S/C23H17N5O3S/c29-21(15-5-2-1-3-6-15)16-8-11-20(19(13-16)28(30)31)32-23-26-25-22(27(23)18-9-10-18)17-7-4-12-24-14-17/h1-8,11-14,18H,9-10H2. The minimum Gasteiger partial charge on any atom is -0.299 e. The minimum atomic E-state index is -0.468. The molecule has 0 saturated heterocycles. The van der Waals surface area contributed by atoms with Gasteiger partial charge in [0.2, 0.25) is 0 Å². The van der Waals surface area contributed by atoms with Crippen LogP contribution in [0.2, 0.25) is 0 Å². The summed E-state index contributed by atoms with van der Waals surface area (Å²) in [7, 11) is 0. The molecule has 0 spiro atoms. The molecule has 4 aromatic rings. The highest BCUT2D eigenvalue weighted by atomic mass is 32.2. The molecule has 0 N–H and O–H groups in total. The van der Waals surface area contributed by atoms with E-state index >= 15 is 0 Å². The van der Waals surface area contributed by atoms with Crippen LogP contribution >= 0.6 is 11.8 Å². The van der Waals surface area contributed by atoms with Crippen molar-refractivity contribution in [3.05, 3.63) is 94.3 Å². The Morgan fingerprint density at radius 1 is 1.03 bits per heavy atom. The van der Waals surface area contributed by atoms with Gasteiger partial charge in [0.25, 0.3) is 5.69 Å². The molecule has 2 aromatic carbocycles. The van der Waals surface area contributed by atoms with E-state index in [0.717, 1.165) is 18.4 Å². The summed E-state index contributed by atoms with van der Waals surface area (Å²) in [4.78, 5) is 28.6. The summed E-state index contributed by atoms with van der Waals surface area (Å²) in [6.07, 6.45) is 5.43. The summed E-state index contributed by atoms with van der Waals surface area (Å²) >= 11 is 1.19. The van der Waals surface area contributed by atoms with Crippen molar-refractivity contribution < 1.29 is 9.72 Å². The van der Waals surface area contributed by atoms with Crippen LogP contribution in [0.1, 0.15) is 34.8 Å². The molecule has 1 fully saturated rings. The molecule has 32 heavy (non-hydrogen) atoms. The zero-order valence-electron chi connectivity index (χ0n) is 16.8. The number of nitro benzene ring substituents is 1. The number of hydrogen-bond donors (Lipinski definition) is 0. The second kappa shape index (κ2) is 8.35. The first kappa shape index (κ1) is 20.1. The molecule has 8 nitrogen and oxygen atoms in total. The summed E-state index contributed by atoms with van der Waals surface area (Å²) < 4.78 is 2.02. The number of carbonyl (C=O) groups excluding carboxylic acids is 1. The maximum Gasteiger partial charge on any atom is 0.284 e. The highest BCUT2D eigenvalue weighted by molar-refractivity contribution is 7.99. The van der Waals surface area contributed by atoms with Crippen LogP contribution in [0.25, 0.3) is 11.4 Å². The Hall–Kier alpha value is -3.85. The van der Waals surface area contributed by atoms with Gasteiger partial charge in [-0.15, -0.1) is 10.2 Å². The number of carbonyl (C=O) groups is 1. The van der Waals surface area contributed by atoms with Crippen molar-refractivity contribution in [1.82, 2.24) is 19.7 Å². The molecule has 0 radical (unpaired) electrons. The maximum atomic E-state index is 12.7. The van der Waals surface area contributed by atoms with Gasteiger partial charge in [0.05, 0.1) is 9.82 Å². The molecular formula is C23H17N5O3S. The highest BCUT2D eigenvalue weighted by Crippen LogP contribution is 2.43. The van der Waals surface area contributed by atoms with E-state index in [2.05, 4.69) is 15.2 Å². The van der Waals surface area contributed by atoms with E-state index in [-0.39, 0.29) is 23.1 Å². The van der Waals surface area contributed by atoms with Crippen LogP contribution in [0.15, 0.2) is 83.1 Å². The fourth-order valence-corrected chi connectivity index (χ4v) is 4.43. The molecule has 158 valence electrons. The van der Waals surface area contributed by atoms with E-state index in [4.69, 9.17) is 0 Å². The molecule has 2 aromatic heterocycles. The van der Waals surface area contributed by atoms with E-state index < -0.39 is 4.92 Å². The summed E-state index contributed by atoms with van der Waals surface area (Å²) in [6, 6.07) is 17.3. The van der Waals surface area contributed by atoms with Crippen LogP contribution in [0.4, 0.5) is 5.69 Å². The van der Waals surface area contributed by atoms with Crippen LogP contribution in [0, 0.1) is 10.1 Å². The smallest absolute Gasteiger partial charge is 0.284 e. The van der Waals surface area contributed by atoms with Crippen LogP contribution in [0.3, 0.4) is 0 Å². The van der Waals surface area contributed by atoms with Crippen molar-refractivity contribution >= 4 is 23.2 Å². The molecule has 0 amide bonds.